The first-order valence-corrected chi connectivity index (χ1v) is 7.04. The van der Waals surface area contributed by atoms with Crippen LogP contribution in [-0.4, -0.2) is 33.9 Å². The second kappa shape index (κ2) is 6.86. The van der Waals surface area contributed by atoms with E-state index in [0.717, 1.165) is 30.8 Å². The molecule has 0 fully saturated rings. The number of methoxy groups -OCH3 is 1. The third kappa shape index (κ3) is 3.19. The smallest absolute Gasteiger partial charge is 0.130 e. The Balaban J connectivity index is 2.24. The molecule has 1 aliphatic rings. The van der Waals surface area contributed by atoms with Gasteiger partial charge in [-0.1, -0.05) is 12.1 Å². The first-order chi connectivity index (χ1) is 9.67. The Labute approximate surface area is 120 Å². The zero-order valence-corrected chi connectivity index (χ0v) is 12.4. The summed E-state index contributed by atoms with van der Waals surface area (Å²) in [4.78, 5) is 2.23. The van der Waals surface area contributed by atoms with E-state index in [-0.39, 0.29) is 11.9 Å². The van der Waals surface area contributed by atoms with E-state index in [4.69, 9.17) is 4.74 Å². The number of rotatable bonds is 5. The maximum Gasteiger partial charge on any atom is 0.130 e. The molecule has 1 N–H and O–H groups in total. The average Bonchev–Trinajstić information content (AvgIpc) is 2.47. The van der Waals surface area contributed by atoms with Crippen LogP contribution in [0, 0.1) is 5.82 Å². The van der Waals surface area contributed by atoms with Crippen molar-refractivity contribution in [3.05, 3.63) is 41.2 Å². The number of benzene rings is 1. The molecule has 1 atom stereocenters. The average molecular weight is 278 g/mol. The van der Waals surface area contributed by atoms with Crippen LogP contribution in [0.4, 0.5) is 10.1 Å². The van der Waals surface area contributed by atoms with Gasteiger partial charge in [-0.25, -0.2) is 4.39 Å². The van der Waals surface area contributed by atoms with Gasteiger partial charge in [0.1, 0.15) is 5.82 Å². The van der Waals surface area contributed by atoms with Gasteiger partial charge in [-0.05, 0) is 38.1 Å². The largest absolute Gasteiger partial charge is 0.380 e. The molecule has 1 aromatic rings. The number of hydrogen-bond donors (Lipinski definition) is 1. The van der Waals surface area contributed by atoms with E-state index in [2.05, 4.69) is 16.3 Å². The van der Waals surface area contributed by atoms with Crippen molar-refractivity contribution in [3.8, 4) is 0 Å². The fourth-order valence-electron chi connectivity index (χ4n) is 2.62. The summed E-state index contributed by atoms with van der Waals surface area (Å²) in [6.45, 7) is 4.39. The molecule has 0 aromatic heterocycles. The molecule has 1 unspecified atom stereocenters. The lowest BCUT2D eigenvalue weighted by molar-refractivity contribution is 0.222. The highest BCUT2D eigenvalue weighted by Crippen LogP contribution is 2.30. The van der Waals surface area contributed by atoms with Crippen molar-refractivity contribution in [1.29, 1.82) is 0 Å². The molecule has 0 saturated carbocycles. The summed E-state index contributed by atoms with van der Waals surface area (Å²) in [7, 11) is 3.57. The Hall–Kier alpha value is -1.39. The van der Waals surface area contributed by atoms with Gasteiger partial charge in [-0.15, -0.1) is 0 Å². The van der Waals surface area contributed by atoms with Crippen LogP contribution in [0.5, 0.6) is 0 Å². The lowest BCUT2D eigenvalue weighted by Gasteiger charge is -2.31. The Bertz CT molecular complexity index is 487. The van der Waals surface area contributed by atoms with Gasteiger partial charge in [0.2, 0.25) is 0 Å². The van der Waals surface area contributed by atoms with Gasteiger partial charge in [0, 0.05) is 37.5 Å². The summed E-state index contributed by atoms with van der Waals surface area (Å²) >= 11 is 0. The minimum atomic E-state index is -0.143. The minimum Gasteiger partial charge on any atom is -0.380 e. The maximum atomic E-state index is 14.1. The Morgan fingerprint density at radius 1 is 1.45 bits per heavy atom. The number of nitrogens with one attached hydrogen (secondary N) is 1. The molecule has 20 heavy (non-hydrogen) atoms. The van der Waals surface area contributed by atoms with Gasteiger partial charge >= 0.3 is 0 Å². The molecule has 0 saturated heterocycles. The van der Waals surface area contributed by atoms with E-state index in [9.17, 15) is 4.39 Å². The van der Waals surface area contributed by atoms with Crippen molar-refractivity contribution in [2.45, 2.75) is 19.4 Å². The van der Waals surface area contributed by atoms with Gasteiger partial charge in [-0.2, -0.15) is 0 Å². The van der Waals surface area contributed by atoms with Gasteiger partial charge in [0.05, 0.1) is 6.61 Å². The van der Waals surface area contributed by atoms with E-state index < -0.39 is 0 Å². The predicted octanol–water partition coefficient (Wildman–Crippen LogP) is 2.89. The molecule has 1 heterocycles. The van der Waals surface area contributed by atoms with Crippen molar-refractivity contribution in [2.24, 2.45) is 0 Å². The molecule has 0 radical (unpaired) electrons. The van der Waals surface area contributed by atoms with Crippen LogP contribution in [0.2, 0.25) is 0 Å². The second-order valence-corrected chi connectivity index (χ2v) is 5.17. The fraction of sp³-hybridized carbons (Fsp3) is 0.500. The maximum absolute atomic E-state index is 14.1. The summed E-state index contributed by atoms with van der Waals surface area (Å²) in [5.74, 6) is -0.143. The molecule has 110 valence electrons. The number of hydrogen-bond acceptors (Lipinski definition) is 3. The van der Waals surface area contributed by atoms with Crippen LogP contribution in [0.25, 0.3) is 0 Å². The number of halogens is 1. The summed E-state index contributed by atoms with van der Waals surface area (Å²) < 4.78 is 19.3. The molecule has 4 heteroatoms. The molecule has 2 rings (SSSR count). The van der Waals surface area contributed by atoms with Crippen molar-refractivity contribution in [3.63, 3.8) is 0 Å². The molecule has 0 bridgehead atoms. The van der Waals surface area contributed by atoms with Crippen LogP contribution < -0.4 is 10.2 Å². The van der Waals surface area contributed by atoms with Gasteiger partial charge in [-0.3, -0.25) is 0 Å². The van der Waals surface area contributed by atoms with E-state index in [1.165, 1.54) is 11.6 Å². The fourth-order valence-corrected chi connectivity index (χ4v) is 2.62. The Morgan fingerprint density at radius 3 is 2.85 bits per heavy atom. The normalized spacial score (nSPS) is 17.0. The van der Waals surface area contributed by atoms with Crippen LogP contribution in [0.15, 0.2) is 29.8 Å². The van der Waals surface area contributed by atoms with Crippen molar-refractivity contribution in [2.75, 3.05) is 38.8 Å². The van der Waals surface area contributed by atoms with Gasteiger partial charge < -0.3 is 15.0 Å². The third-order valence-electron chi connectivity index (χ3n) is 3.87. The number of anilines is 1. The molecule has 1 aliphatic heterocycles. The Kier molecular flexibility index (Phi) is 5.15. The van der Waals surface area contributed by atoms with Gasteiger partial charge in [0.15, 0.2) is 0 Å². The summed E-state index contributed by atoms with van der Waals surface area (Å²) in [5.41, 5.74) is 3.06. The van der Waals surface area contributed by atoms with Gasteiger partial charge in [0.25, 0.3) is 0 Å². The zero-order chi connectivity index (χ0) is 14.5. The van der Waals surface area contributed by atoms with Crippen LogP contribution in [0.1, 0.15) is 24.9 Å². The highest BCUT2D eigenvalue weighted by atomic mass is 19.1. The van der Waals surface area contributed by atoms with E-state index in [1.807, 2.05) is 20.0 Å². The number of nitrogens with zero attached hydrogens (tertiary/aromatic N) is 1. The standard InChI is InChI=1S/C16H23FN2O/c1-12(18-2)16-14(17)5-4-6-15(16)19-9-7-13(8-10-19)11-20-3/h4-7,12,18H,8-11H2,1-3H3. The van der Waals surface area contributed by atoms with E-state index in [0.29, 0.717) is 6.61 Å². The highest BCUT2D eigenvalue weighted by molar-refractivity contribution is 5.56. The summed E-state index contributed by atoms with van der Waals surface area (Å²) in [5, 5.41) is 3.13. The lowest BCUT2D eigenvalue weighted by Crippen LogP contribution is -2.31. The molecular formula is C16H23FN2O. The molecule has 1 aromatic carbocycles. The zero-order valence-electron chi connectivity index (χ0n) is 12.4. The second-order valence-electron chi connectivity index (χ2n) is 5.17. The van der Waals surface area contributed by atoms with Crippen LogP contribution in [-0.2, 0) is 4.74 Å². The highest BCUT2D eigenvalue weighted by Gasteiger charge is 2.20. The lowest BCUT2D eigenvalue weighted by atomic mass is 10.0. The third-order valence-corrected chi connectivity index (χ3v) is 3.87. The summed E-state index contributed by atoms with van der Waals surface area (Å²) in [6, 6.07) is 5.31. The van der Waals surface area contributed by atoms with E-state index >= 15 is 0 Å². The predicted molar refractivity (Wildman–Crippen MR) is 80.7 cm³/mol. The van der Waals surface area contributed by atoms with E-state index in [1.54, 1.807) is 13.2 Å². The van der Waals surface area contributed by atoms with Crippen molar-refractivity contribution < 1.29 is 9.13 Å². The van der Waals surface area contributed by atoms with Crippen molar-refractivity contribution >= 4 is 5.69 Å². The monoisotopic (exact) mass is 278 g/mol. The van der Waals surface area contributed by atoms with Crippen LogP contribution in [0.3, 0.4) is 0 Å². The summed E-state index contributed by atoms with van der Waals surface area (Å²) in [6.07, 6.45) is 3.16. The first kappa shape index (κ1) is 15.0. The minimum absolute atomic E-state index is 0.00412. The molecular weight excluding hydrogens is 255 g/mol. The Morgan fingerprint density at radius 2 is 2.25 bits per heavy atom. The SMILES string of the molecule is CNC(C)c1c(F)cccc1N1CC=C(COC)CC1. The molecule has 3 nitrogen and oxygen atoms in total. The number of ether oxygens (including phenoxy) is 1. The topological polar surface area (TPSA) is 24.5 Å². The van der Waals surface area contributed by atoms with Crippen molar-refractivity contribution in [1.82, 2.24) is 5.32 Å². The first-order valence-electron chi connectivity index (χ1n) is 7.04. The molecule has 0 spiro atoms. The molecule has 0 amide bonds. The quantitative estimate of drug-likeness (QED) is 0.838. The molecule has 0 aliphatic carbocycles. The van der Waals surface area contributed by atoms with Crippen LogP contribution >= 0.6 is 0 Å².